The van der Waals surface area contributed by atoms with Gasteiger partial charge in [0.1, 0.15) is 0 Å². The molecule has 27 heavy (non-hydrogen) atoms. The number of carbonyl (C=O) groups excluding carboxylic acids is 1. The van der Waals surface area contributed by atoms with Gasteiger partial charge in [-0.1, -0.05) is 35.0 Å². The summed E-state index contributed by atoms with van der Waals surface area (Å²) in [6, 6.07) is 12.1. The number of aryl methyl sites for hydroxylation is 2. The fourth-order valence-corrected chi connectivity index (χ4v) is 3.53. The zero-order valence-corrected chi connectivity index (χ0v) is 15.3. The van der Waals surface area contributed by atoms with Gasteiger partial charge >= 0.3 is 0 Å². The van der Waals surface area contributed by atoms with Gasteiger partial charge in [0.15, 0.2) is 0 Å². The van der Waals surface area contributed by atoms with Gasteiger partial charge in [-0.2, -0.15) is 4.98 Å². The van der Waals surface area contributed by atoms with E-state index in [0.29, 0.717) is 24.6 Å². The summed E-state index contributed by atoms with van der Waals surface area (Å²) in [5, 5.41) is 4.04. The van der Waals surface area contributed by atoms with Crippen LogP contribution in [-0.2, 0) is 11.2 Å². The Balaban J connectivity index is 1.39. The largest absolute Gasteiger partial charge is 0.339 e. The monoisotopic (exact) mass is 362 g/mol. The third kappa shape index (κ3) is 3.89. The second kappa shape index (κ2) is 7.70. The van der Waals surface area contributed by atoms with Crippen LogP contribution in [-0.4, -0.2) is 32.5 Å². The number of hydrogen-bond acceptors (Lipinski definition) is 5. The molecular weight excluding hydrogens is 340 g/mol. The molecule has 4 rings (SSSR count). The Morgan fingerprint density at radius 2 is 1.96 bits per heavy atom. The summed E-state index contributed by atoms with van der Waals surface area (Å²) in [4.78, 5) is 23.2. The standard InChI is InChI=1S/C21H22N4O2/c1-15-4-6-17(7-5-15)21-23-19(27-24-21)8-9-20(26)25-14-2-3-18(25)16-10-12-22-13-11-16/h4-7,10-13,18H,2-3,8-9,14H2,1H3/t18-/m0/s1. The van der Waals surface area contributed by atoms with E-state index in [1.54, 1.807) is 12.4 Å². The summed E-state index contributed by atoms with van der Waals surface area (Å²) >= 11 is 0. The number of benzene rings is 1. The summed E-state index contributed by atoms with van der Waals surface area (Å²) in [7, 11) is 0. The lowest BCUT2D eigenvalue weighted by Gasteiger charge is -2.24. The predicted molar refractivity (Wildman–Crippen MR) is 101 cm³/mol. The minimum Gasteiger partial charge on any atom is -0.339 e. The SMILES string of the molecule is Cc1ccc(-c2noc(CCC(=O)N3CCC[C@H]3c3ccncc3)n2)cc1. The van der Waals surface area contributed by atoms with Crippen molar-refractivity contribution in [2.75, 3.05) is 6.54 Å². The van der Waals surface area contributed by atoms with Gasteiger partial charge in [0, 0.05) is 37.3 Å². The van der Waals surface area contributed by atoms with Crippen LogP contribution in [0.5, 0.6) is 0 Å². The quantitative estimate of drug-likeness (QED) is 0.691. The van der Waals surface area contributed by atoms with Crippen LogP contribution < -0.4 is 0 Å². The van der Waals surface area contributed by atoms with Gasteiger partial charge in [-0.25, -0.2) is 0 Å². The number of aromatic nitrogens is 3. The average Bonchev–Trinajstić information content (AvgIpc) is 3.37. The lowest BCUT2D eigenvalue weighted by Crippen LogP contribution is -2.30. The average molecular weight is 362 g/mol. The fourth-order valence-electron chi connectivity index (χ4n) is 3.53. The van der Waals surface area contributed by atoms with E-state index < -0.39 is 0 Å². The van der Waals surface area contributed by atoms with Crippen molar-refractivity contribution in [3.05, 3.63) is 65.8 Å². The van der Waals surface area contributed by atoms with E-state index in [1.165, 1.54) is 5.56 Å². The van der Waals surface area contributed by atoms with E-state index in [9.17, 15) is 4.79 Å². The maximum Gasteiger partial charge on any atom is 0.227 e. The molecule has 0 aliphatic carbocycles. The first-order valence-electron chi connectivity index (χ1n) is 9.30. The number of likely N-dealkylation sites (tertiary alicyclic amines) is 1. The van der Waals surface area contributed by atoms with Gasteiger partial charge in [-0.15, -0.1) is 0 Å². The molecule has 0 spiro atoms. The molecule has 1 fully saturated rings. The van der Waals surface area contributed by atoms with Crippen molar-refractivity contribution < 1.29 is 9.32 Å². The maximum absolute atomic E-state index is 12.7. The second-order valence-electron chi connectivity index (χ2n) is 6.90. The molecule has 6 nitrogen and oxygen atoms in total. The molecule has 6 heteroatoms. The molecule has 138 valence electrons. The maximum atomic E-state index is 12.7. The summed E-state index contributed by atoms with van der Waals surface area (Å²) in [5.41, 5.74) is 3.25. The molecule has 1 amide bonds. The van der Waals surface area contributed by atoms with Gasteiger partial charge in [0.2, 0.25) is 17.6 Å². The Hall–Kier alpha value is -3.02. The molecule has 1 aliphatic heterocycles. The van der Waals surface area contributed by atoms with Crippen LogP contribution in [0.1, 0.15) is 42.3 Å². The topological polar surface area (TPSA) is 72.1 Å². The molecule has 0 N–H and O–H groups in total. The lowest BCUT2D eigenvalue weighted by molar-refractivity contribution is -0.132. The van der Waals surface area contributed by atoms with Crippen molar-refractivity contribution in [2.45, 2.75) is 38.6 Å². The Bertz CT molecular complexity index is 905. The summed E-state index contributed by atoms with van der Waals surface area (Å²) in [6.07, 6.45) is 6.40. The number of amides is 1. The predicted octanol–water partition coefficient (Wildman–Crippen LogP) is 3.74. The molecule has 0 bridgehead atoms. The normalized spacial score (nSPS) is 16.6. The molecular formula is C21H22N4O2. The molecule has 1 saturated heterocycles. The van der Waals surface area contributed by atoms with Crippen molar-refractivity contribution in [2.24, 2.45) is 0 Å². The van der Waals surface area contributed by atoms with E-state index in [0.717, 1.165) is 30.5 Å². The van der Waals surface area contributed by atoms with Gasteiger partial charge in [-0.3, -0.25) is 9.78 Å². The molecule has 1 atom stereocenters. The zero-order valence-electron chi connectivity index (χ0n) is 15.3. The smallest absolute Gasteiger partial charge is 0.227 e. The molecule has 0 unspecified atom stereocenters. The van der Waals surface area contributed by atoms with Crippen molar-refractivity contribution >= 4 is 5.91 Å². The second-order valence-corrected chi connectivity index (χ2v) is 6.90. The first-order valence-corrected chi connectivity index (χ1v) is 9.30. The summed E-state index contributed by atoms with van der Waals surface area (Å²) in [5.74, 6) is 1.19. The number of carbonyl (C=O) groups is 1. The highest BCUT2D eigenvalue weighted by Gasteiger charge is 2.29. The molecule has 0 saturated carbocycles. The van der Waals surface area contributed by atoms with Crippen LogP contribution in [0.2, 0.25) is 0 Å². The number of pyridine rings is 1. The molecule has 2 aromatic heterocycles. The number of nitrogens with zero attached hydrogens (tertiary/aromatic N) is 4. The van der Waals surface area contributed by atoms with Crippen LogP contribution in [0, 0.1) is 6.92 Å². The van der Waals surface area contributed by atoms with Gasteiger partial charge in [0.25, 0.3) is 0 Å². The third-order valence-corrected chi connectivity index (χ3v) is 4.99. The number of hydrogen-bond donors (Lipinski definition) is 0. The zero-order chi connectivity index (χ0) is 18.6. The molecule has 1 aliphatic rings. The van der Waals surface area contributed by atoms with Crippen molar-refractivity contribution in [1.29, 1.82) is 0 Å². The minimum absolute atomic E-state index is 0.129. The van der Waals surface area contributed by atoms with Gasteiger partial charge in [0.05, 0.1) is 6.04 Å². The first-order chi connectivity index (χ1) is 13.2. The van der Waals surface area contributed by atoms with Crippen LogP contribution in [0.15, 0.2) is 53.3 Å². The highest BCUT2D eigenvalue weighted by molar-refractivity contribution is 5.77. The summed E-state index contributed by atoms with van der Waals surface area (Å²) in [6.45, 7) is 2.83. The molecule has 1 aromatic carbocycles. The Labute approximate surface area is 158 Å². The van der Waals surface area contributed by atoms with Crippen LogP contribution >= 0.6 is 0 Å². The molecule has 3 aromatic rings. The fraction of sp³-hybridized carbons (Fsp3) is 0.333. The number of rotatable bonds is 5. The van der Waals surface area contributed by atoms with E-state index in [1.807, 2.05) is 48.2 Å². The van der Waals surface area contributed by atoms with Crippen LogP contribution in [0.4, 0.5) is 0 Å². The van der Waals surface area contributed by atoms with E-state index >= 15 is 0 Å². The summed E-state index contributed by atoms with van der Waals surface area (Å²) < 4.78 is 5.33. The van der Waals surface area contributed by atoms with Crippen molar-refractivity contribution in [3.8, 4) is 11.4 Å². The Morgan fingerprint density at radius 1 is 1.19 bits per heavy atom. The Kier molecular flexibility index (Phi) is 4.96. The van der Waals surface area contributed by atoms with Gasteiger partial charge in [-0.05, 0) is 37.5 Å². The van der Waals surface area contributed by atoms with Crippen molar-refractivity contribution in [1.82, 2.24) is 20.0 Å². The van der Waals surface area contributed by atoms with Gasteiger partial charge < -0.3 is 9.42 Å². The molecule has 3 heterocycles. The highest BCUT2D eigenvalue weighted by Crippen LogP contribution is 2.32. The molecule has 0 radical (unpaired) electrons. The van der Waals surface area contributed by atoms with E-state index in [2.05, 4.69) is 15.1 Å². The van der Waals surface area contributed by atoms with E-state index in [4.69, 9.17) is 4.52 Å². The minimum atomic E-state index is 0.129. The third-order valence-electron chi connectivity index (χ3n) is 4.99. The lowest BCUT2D eigenvalue weighted by atomic mass is 10.1. The Morgan fingerprint density at radius 3 is 2.74 bits per heavy atom. The van der Waals surface area contributed by atoms with Crippen LogP contribution in [0.25, 0.3) is 11.4 Å². The highest BCUT2D eigenvalue weighted by atomic mass is 16.5. The van der Waals surface area contributed by atoms with Crippen LogP contribution in [0.3, 0.4) is 0 Å². The van der Waals surface area contributed by atoms with E-state index in [-0.39, 0.29) is 11.9 Å². The first kappa shape index (κ1) is 17.4. The van der Waals surface area contributed by atoms with Crippen molar-refractivity contribution in [3.63, 3.8) is 0 Å².